The molecule has 0 radical (unpaired) electrons. The second-order valence-electron chi connectivity index (χ2n) is 10.1. The second kappa shape index (κ2) is 13.7. The normalized spacial score (nSPS) is 14.1. The van der Waals surface area contributed by atoms with E-state index in [1.807, 2.05) is 0 Å². The summed E-state index contributed by atoms with van der Waals surface area (Å²) in [5.74, 6) is -2.83. The first kappa shape index (κ1) is 36.0. The van der Waals surface area contributed by atoms with E-state index >= 15 is 0 Å². The number of esters is 1. The fourth-order valence-electron chi connectivity index (χ4n) is 4.40. The van der Waals surface area contributed by atoms with Crippen molar-refractivity contribution in [1.82, 2.24) is 9.78 Å². The van der Waals surface area contributed by atoms with Crippen molar-refractivity contribution in [3.63, 3.8) is 0 Å². The largest absolute Gasteiger partial charge is 0.488 e. The van der Waals surface area contributed by atoms with Crippen LogP contribution in [0.4, 0.5) is 26.3 Å². The summed E-state index contributed by atoms with van der Waals surface area (Å²) in [7, 11) is 1.12. The highest BCUT2D eigenvalue weighted by Gasteiger charge is 2.46. The molecule has 0 saturated heterocycles. The number of hydrogen-bond acceptors (Lipinski definition) is 8. The Balaban J connectivity index is 2.05. The molecule has 0 bridgehead atoms. The highest BCUT2D eigenvalue weighted by Crippen LogP contribution is 2.48. The van der Waals surface area contributed by atoms with Crippen molar-refractivity contribution in [3.05, 3.63) is 87.5 Å². The molecule has 9 nitrogen and oxygen atoms in total. The SMILES string of the molecule is Cn1nc(C(F)(F)F)cc1-c1ccc(OCc2ccc(Cl)cc2)c(-c2ccc(Cl)c(C(F)(F)F)c2)c1OC(=O)C(O)(CO)C(O)CO. The van der Waals surface area contributed by atoms with E-state index in [2.05, 4.69) is 5.10 Å². The molecule has 0 fully saturated rings. The predicted molar refractivity (Wildman–Crippen MR) is 156 cm³/mol. The third-order valence-electron chi connectivity index (χ3n) is 6.95. The summed E-state index contributed by atoms with van der Waals surface area (Å²) in [6.07, 6.45) is -12.2. The first-order valence-corrected chi connectivity index (χ1v) is 14.0. The summed E-state index contributed by atoms with van der Waals surface area (Å²) in [6, 6.07) is 11.7. The molecular formula is C30H24Cl2F6N2O7. The highest BCUT2D eigenvalue weighted by atomic mass is 35.5. The zero-order chi connectivity index (χ0) is 34.9. The van der Waals surface area contributed by atoms with Crippen LogP contribution in [0, 0.1) is 0 Å². The van der Waals surface area contributed by atoms with E-state index in [0.717, 1.165) is 29.9 Å². The van der Waals surface area contributed by atoms with Gasteiger partial charge in [-0.25, -0.2) is 4.79 Å². The van der Waals surface area contributed by atoms with Gasteiger partial charge in [0.05, 0.1) is 35.1 Å². The quantitative estimate of drug-likeness (QED) is 0.0943. The monoisotopic (exact) mass is 708 g/mol. The summed E-state index contributed by atoms with van der Waals surface area (Å²) in [5, 5.41) is 43.1. The van der Waals surface area contributed by atoms with E-state index in [1.54, 1.807) is 12.1 Å². The lowest BCUT2D eigenvalue weighted by Gasteiger charge is -2.28. The number of carbonyl (C=O) groups excluding carboxylic acids is 1. The summed E-state index contributed by atoms with van der Waals surface area (Å²) >= 11 is 11.8. The number of aromatic nitrogens is 2. The lowest BCUT2D eigenvalue weighted by atomic mass is 9.95. The Kier molecular flexibility index (Phi) is 10.5. The maximum absolute atomic E-state index is 14.0. The Morgan fingerprint density at radius 2 is 1.62 bits per heavy atom. The number of nitrogens with zero attached hydrogens (tertiary/aromatic N) is 2. The highest BCUT2D eigenvalue weighted by molar-refractivity contribution is 6.31. The average Bonchev–Trinajstić information content (AvgIpc) is 3.41. The molecule has 1 aromatic heterocycles. The second-order valence-corrected chi connectivity index (χ2v) is 11.0. The van der Waals surface area contributed by atoms with E-state index < -0.39 is 70.8 Å². The number of rotatable bonds is 10. The minimum Gasteiger partial charge on any atom is -0.488 e. The van der Waals surface area contributed by atoms with Gasteiger partial charge < -0.3 is 29.9 Å². The maximum atomic E-state index is 14.0. The van der Waals surface area contributed by atoms with E-state index in [9.17, 15) is 51.6 Å². The van der Waals surface area contributed by atoms with Crippen molar-refractivity contribution >= 4 is 29.2 Å². The molecule has 4 aromatic rings. The number of aliphatic hydroxyl groups is 4. The average molecular weight is 709 g/mol. The van der Waals surface area contributed by atoms with Gasteiger partial charge in [-0.05, 0) is 53.6 Å². The standard InChI is InChI=1S/C30H24Cl2F6N2O7/c1-40-21(11-23(39-40)30(36,37)38)18-7-9-22(46-13-15-2-5-17(31)6-3-15)25(16-4-8-20(32)19(10-16)29(33,34)35)26(18)47-27(44)28(45,14-42)24(43)12-41/h2-11,24,41-43,45H,12-14H2,1H3. The van der Waals surface area contributed by atoms with Gasteiger partial charge in [-0.2, -0.15) is 31.4 Å². The summed E-state index contributed by atoms with van der Waals surface area (Å²) in [4.78, 5) is 13.3. The minimum atomic E-state index is -4.99. The van der Waals surface area contributed by atoms with E-state index in [4.69, 9.17) is 32.7 Å². The molecule has 0 aliphatic rings. The Morgan fingerprint density at radius 1 is 0.957 bits per heavy atom. The number of aliphatic hydroxyl groups excluding tert-OH is 3. The van der Waals surface area contributed by atoms with Gasteiger partial charge in [0.25, 0.3) is 0 Å². The fraction of sp³-hybridized carbons (Fsp3) is 0.267. The smallest absolute Gasteiger partial charge is 0.435 e. The summed E-state index contributed by atoms with van der Waals surface area (Å²) in [5.41, 5.74) is -6.87. The molecule has 3 aromatic carbocycles. The molecule has 1 heterocycles. The lowest BCUT2D eigenvalue weighted by Crippen LogP contribution is -2.56. The summed E-state index contributed by atoms with van der Waals surface area (Å²) in [6.45, 7) is -2.99. The molecule has 4 rings (SSSR count). The lowest BCUT2D eigenvalue weighted by molar-refractivity contribution is -0.178. The van der Waals surface area contributed by atoms with Crippen molar-refractivity contribution < 1.29 is 61.0 Å². The number of halogens is 8. The fourth-order valence-corrected chi connectivity index (χ4v) is 4.75. The minimum absolute atomic E-state index is 0.232. The van der Waals surface area contributed by atoms with Crippen molar-refractivity contribution in [2.75, 3.05) is 13.2 Å². The molecule has 4 N–H and O–H groups in total. The Morgan fingerprint density at radius 3 is 2.17 bits per heavy atom. The number of aryl methyl sites for hydroxylation is 1. The van der Waals surface area contributed by atoms with Crippen LogP contribution in [0.25, 0.3) is 22.4 Å². The van der Waals surface area contributed by atoms with Crippen LogP contribution in [0.15, 0.2) is 60.7 Å². The van der Waals surface area contributed by atoms with Gasteiger partial charge in [-0.3, -0.25) is 4.68 Å². The Hall–Kier alpha value is -3.86. The molecule has 0 aliphatic carbocycles. The number of alkyl halides is 6. The summed E-state index contributed by atoms with van der Waals surface area (Å²) < 4.78 is 94.8. The number of hydrogen-bond donors (Lipinski definition) is 4. The van der Waals surface area contributed by atoms with Crippen LogP contribution < -0.4 is 9.47 Å². The van der Waals surface area contributed by atoms with Crippen LogP contribution in [-0.4, -0.2) is 61.1 Å². The topological polar surface area (TPSA) is 134 Å². The Labute approximate surface area is 272 Å². The zero-order valence-corrected chi connectivity index (χ0v) is 25.4. The molecule has 0 amide bonds. The van der Waals surface area contributed by atoms with Gasteiger partial charge in [-0.15, -0.1) is 0 Å². The molecular weight excluding hydrogens is 685 g/mol. The third-order valence-corrected chi connectivity index (χ3v) is 7.53. The Bertz CT molecular complexity index is 1760. The van der Waals surface area contributed by atoms with Gasteiger partial charge in [0, 0.05) is 17.6 Å². The van der Waals surface area contributed by atoms with Gasteiger partial charge >= 0.3 is 18.3 Å². The van der Waals surface area contributed by atoms with Crippen LogP contribution in [0.3, 0.4) is 0 Å². The molecule has 0 aliphatic heterocycles. The third kappa shape index (κ3) is 7.66. The van der Waals surface area contributed by atoms with Crippen molar-refractivity contribution in [1.29, 1.82) is 0 Å². The molecule has 47 heavy (non-hydrogen) atoms. The predicted octanol–water partition coefficient (Wildman–Crippen LogP) is 5.66. The molecule has 0 spiro atoms. The van der Waals surface area contributed by atoms with E-state index in [-0.39, 0.29) is 29.2 Å². The van der Waals surface area contributed by atoms with Crippen molar-refractivity contribution in [2.24, 2.45) is 7.05 Å². The maximum Gasteiger partial charge on any atom is 0.435 e. The van der Waals surface area contributed by atoms with Crippen molar-refractivity contribution in [2.45, 2.75) is 30.7 Å². The van der Waals surface area contributed by atoms with Gasteiger partial charge in [0.2, 0.25) is 5.60 Å². The molecule has 2 atom stereocenters. The van der Waals surface area contributed by atoms with Crippen LogP contribution in [0.2, 0.25) is 10.0 Å². The zero-order valence-electron chi connectivity index (χ0n) is 23.9. The molecule has 252 valence electrons. The van der Waals surface area contributed by atoms with Crippen LogP contribution in [0.1, 0.15) is 16.8 Å². The van der Waals surface area contributed by atoms with Crippen LogP contribution in [0.5, 0.6) is 11.5 Å². The van der Waals surface area contributed by atoms with Gasteiger partial charge in [0.15, 0.2) is 11.4 Å². The molecule has 2 unspecified atom stereocenters. The van der Waals surface area contributed by atoms with E-state index in [1.165, 1.54) is 18.2 Å². The van der Waals surface area contributed by atoms with Crippen molar-refractivity contribution in [3.8, 4) is 33.9 Å². The number of carbonyl (C=O) groups is 1. The van der Waals surface area contributed by atoms with Gasteiger partial charge in [0.1, 0.15) is 18.5 Å². The van der Waals surface area contributed by atoms with E-state index in [0.29, 0.717) is 22.7 Å². The number of benzene rings is 3. The first-order valence-electron chi connectivity index (χ1n) is 13.3. The first-order chi connectivity index (χ1) is 21.9. The van der Waals surface area contributed by atoms with Crippen LogP contribution >= 0.6 is 23.2 Å². The van der Waals surface area contributed by atoms with Gasteiger partial charge in [-0.1, -0.05) is 41.4 Å². The number of ether oxygens (including phenoxy) is 2. The van der Waals surface area contributed by atoms with Crippen LogP contribution in [-0.2, 0) is 30.8 Å². The molecule has 17 heteroatoms. The molecule has 0 saturated carbocycles.